The van der Waals surface area contributed by atoms with Crippen molar-refractivity contribution in [2.24, 2.45) is 0 Å². The fraction of sp³-hybridized carbons (Fsp3) is 0. The van der Waals surface area contributed by atoms with E-state index in [0.29, 0.717) is 15.1 Å². The smallest absolute Gasteiger partial charge is 0.253 e. The average molecular weight is 206 g/mol. The van der Waals surface area contributed by atoms with Gasteiger partial charge in [0.25, 0.3) is 5.24 Å². The highest BCUT2D eigenvalue weighted by atomic mass is 35.5. The maximum absolute atomic E-state index is 10.7. The third-order valence-electron chi connectivity index (χ3n) is 1.15. The number of aromatic amines is 1. The lowest BCUT2D eigenvalue weighted by Gasteiger charge is -1.96. The highest BCUT2D eigenvalue weighted by molar-refractivity contribution is 7.81. The molecule has 0 unspecified atom stereocenters. The van der Waals surface area contributed by atoms with Crippen molar-refractivity contribution in [2.75, 3.05) is 0 Å². The molecule has 5 heteroatoms. The van der Waals surface area contributed by atoms with Gasteiger partial charge in [0.05, 0.1) is 10.5 Å². The van der Waals surface area contributed by atoms with Gasteiger partial charge in [-0.2, -0.15) is 0 Å². The molecule has 1 aromatic heterocycles. The predicted octanol–water partition coefficient (Wildman–Crippen LogP) is 2.41. The van der Waals surface area contributed by atoms with Crippen LogP contribution >= 0.6 is 36.4 Å². The molecule has 11 heavy (non-hydrogen) atoms. The number of H-pyrrole nitrogens is 1. The van der Waals surface area contributed by atoms with Gasteiger partial charge < -0.3 is 4.98 Å². The van der Waals surface area contributed by atoms with E-state index in [9.17, 15) is 4.79 Å². The predicted molar refractivity (Wildman–Crippen MR) is 49.1 cm³/mol. The highest BCUT2D eigenvalue weighted by Crippen LogP contribution is 2.15. The second-order valence-electron chi connectivity index (χ2n) is 1.84. The molecule has 1 heterocycles. The molecule has 0 bridgehead atoms. The largest absolute Gasteiger partial charge is 0.352 e. The van der Waals surface area contributed by atoms with Crippen LogP contribution < -0.4 is 0 Å². The summed E-state index contributed by atoms with van der Waals surface area (Å²) >= 11 is 14.1. The van der Waals surface area contributed by atoms with E-state index in [2.05, 4.69) is 17.6 Å². The number of hydrogen-bond acceptors (Lipinski definition) is 3. The number of pyridine rings is 1. The summed E-state index contributed by atoms with van der Waals surface area (Å²) in [4.78, 5) is 13.8. The Hall–Kier alpha value is -0.320. The van der Waals surface area contributed by atoms with Crippen LogP contribution in [0, 0.1) is 4.64 Å². The van der Waals surface area contributed by atoms with Crippen molar-refractivity contribution >= 4 is 41.7 Å². The van der Waals surface area contributed by atoms with Crippen LogP contribution in [0.15, 0.2) is 17.2 Å². The third-order valence-corrected chi connectivity index (χ3v) is 2.29. The van der Waals surface area contributed by atoms with E-state index >= 15 is 0 Å². The molecule has 58 valence electrons. The Labute approximate surface area is 79.0 Å². The Kier molecular flexibility index (Phi) is 2.70. The molecule has 0 aliphatic rings. The van der Waals surface area contributed by atoms with Crippen LogP contribution in [0.4, 0.5) is 0 Å². The molecule has 0 aliphatic carbocycles. The first-order valence-corrected chi connectivity index (χ1v) is 3.96. The molecule has 0 saturated carbocycles. The van der Waals surface area contributed by atoms with Crippen molar-refractivity contribution in [3.05, 3.63) is 22.5 Å². The Balaban J connectivity index is 3.39. The molecule has 1 N–H and O–H groups in total. The number of carbonyl (C=O) groups excluding carboxylic acids is 1. The molecule has 0 aromatic carbocycles. The molecular weight excluding hydrogens is 202 g/mol. The van der Waals surface area contributed by atoms with Gasteiger partial charge in [0.1, 0.15) is 4.64 Å². The Morgan fingerprint density at radius 1 is 1.73 bits per heavy atom. The van der Waals surface area contributed by atoms with Crippen LogP contribution in [0.5, 0.6) is 0 Å². The molecular formula is C6H4ClNOS2. The quantitative estimate of drug-likeness (QED) is 0.419. The maximum Gasteiger partial charge on any atom is 0.253 e. The van der Waals surface area contributed by atoms with Crippen molar-refractivity contribution in [2.45, 2.75) is 4.90 Å². The number of nitrogens with one attached hydrogen (secondary N) is 1. The highest BCUT2D eigenvalue weighted by Gasteiger charge is 2.05. The first-order chi connectivity index (χ1) is 5.13. The van der Waals surface area contributed by atoms with Crippen LogP contribution in [0.2, 0.25) is 0 Å². The number of rotatable bonds is 1. The minimum atomic E-state index is -0.546. The summed E-state index contributed by atoms with van der Waals surface area (Å²) in [6.07, 6.45) is 1.55. The first-order valence-electron chi connectivity index (χ1n) is 2.73. The lowest BCUT2D eigenvalue weighted by atomic mass is 10.3. The number of aromatic nitrogens is 1. The van der Waals surface area contributed by atoms with Crippen molar-refractivity contribution in [1.82, 2.24) is 4.98 Å². The lowest BCUT2D eigenvalue weighted by Crippen LogP contribution is -1.92. The molecule has 0 radical (unpaired) electrons. The van der Waals surface area contributed by atoms with Crippen molar-refractivity contribution < 1.29 is 4.79 Å². The van der Waals surface area contributed by atoms with E-state index in [1.165, 1.54) is 6.07 Å². The first kappa shape index (κ1) is 8.77. The molecule has 0 spiro atoms. The van der Waals surface area contributed by atoms with Gasteiger partial charge in [0.2, 0.25) is 0 Å². The number of halogens is 1. The van der Waals surface area contributed by atoms with Crippen LogP contribution in [-0.2, 0) is 0 Å². The fourth-order valence-electron chi connectivity index (χ4n) is 0.629. The van der Waals surface area contributed by atoms with Gasteiger partial charge in [0, 0.05) is 6.20 Å². The molecule has 0 aliphatic heterocycles. The van der Waals surface area contributed by atoms with Crippen LogP contribution in [0.1, 0.15) is 10.4 Å². The zero-order valence-electron chi connectivity index (χ0n) is 5.30. The van der Waals surface area contributed by atoms with E-state index < -0.39 is 5.24 Å². The summed E-state index contributed by atoms with van der Waals surface area (Å²) < 4.78 is 0.417. The van der Waals surface area contributed by atoms with Gasteiger partial charge >= 0.3 is 0 Å². The minimum absolute atomic E-state index is 0.332. The fourth-order valence-corrected chi connectivity index (χ4v) is 1.27. The summed E-state index contributed by atoms with van der Waals surface area (Å²) in [5, 5.41) is -0.546. The van der Waals surface area contributed by atoms with Gasteiger partial charge in [-0.3, -0.25) is 4.79 Å². The SMILES string of the molecule is O=C(Cl)c1cc[nH]c(=S)c1S. The molecule has 0 atom stereocenters. The number of carbonyl (C=O) groups is 1. The standard InChI is InChI=1S/C6H4ClNOS2/c7-5(9)3-1-2-8-6(11)4(3)10/h1-2,10H,(H,8,11). The van der Waals surface area contributed by atoms with E-state index in [4.69, 9.17) is 23.8 Å². The normalized spacial score (nSPS) is 9.64. The zero-order valence-corrected chi connectivity index (χ0v) is 7.76. The van der Waals surface area contributed by atoms with E-state index in [0.717, 1.165) is 0 Å². The zero-order chi connectivity index (χ0) is 8.43. The molecule has 0 amide bonds. The van der Waals surface area contributed by atoms with Gasteiger partial charge in [0.15, 0.2) is 0 Å². The topological polar surface area (TPSA) is 32.9 Å². The number of thiol groups is 1. The minimum Gasteiger partial charge on any atom is -0.352 e. The monoisotopic (exact) mass is 205 g/mol. The number of hydrogen-bond donors (Lipinski definition) is 2. The summed E-state index contributed by atoms with van der Waals surface area (Å²) in [7, 11) is 0. The van der Waals surface area contributed by atoms with Crippen molar-refractivity contribution in [3.8, 4) is 0 Å². The molecule has 0 saturated heterocycles. The second kappa shape index (κ2) is 3.38. The van der Waals surface area contributed by atoms with Crippen LogP contribution in [-0.4, -0.2) is 10.2 Å². The van der Waals surface area contributed by atoms with Gasteiger partial charge in [-0.15, -0.1) is 12.6 Å². The Morgan fingerprint density at radius 3 is 2.82 bits per heavy atom. The maximum atomic E-state index is 10.7. The summed E-state index contributed by atoms with van der Waals surface area (Å²) in [5.74, 6) is 0. The van der Waals surface area contributed by atoms with E-state index in [1.54, 1.807) is 6.20 Å². The Bertz CT molecular complexity index is 347. The van der Waals surface area contributed by atoms with Gasteiger partial charge in [-0.05, 0) is 17.7 Å². The molecule has 1 aromatic rings. The van der Waals surface area contributed by atoms with Crippen LogP contribution in [0.3, 0.4) is 0 Å². The summed E-state index contributed by atoms with van der Waals surface area (Å²) in [6.45, 7) is 0. The Morgan fingerprint density at radius 2 is 2.36 bits per heavy atom. The summed E-state index contributed by atoms with van der Waals surface area (Å²) in [6, 6.07) is 1.54. The van der Waals surface area contributed by atoms with Crippen molar-refractivity contribution in [1.29, 1.82) is 0 Å². The average Bonchev–Trinajstić information content (AvgIpc) is 1.94. The molecule has 2 nitrogen and oxygen atoms in total. The van der Waals surface area contributed by atoms with Crippen LogP contribution in [0.25, 0.3) is 0 Å². The van der Waals surface area contributed by atoms with E-state index in [-0.39, 0.29) is 0 Å². The second-order valence-corrected chi connectivity index (χ2v) is 3.04. The molecule has 0 fully saturated rings. The van der Waals surface area contributed by atoms with Crippen molar-refractivity contribution in [3.63, 3.8) is 0 Å². The van der Waals surface area contributed by atoms with E-state index in [1.807, 2.05) is 0 Å². The molecule has 1 rings (SSSR count). The third kappa shape index (κ3) is 1.83. The van der Waals surface area contributed by atoms with Gasteiger partial charge in [-0.1, -0.05) is 12.2 Å². The lowest BCUT2D eigenvalue weighted by molar-refractivity contribution is 0.107. The summed E-state index contributed by atoms with van der Waals surface area (Å²) in [5.41, 5.74) is 0.332. The van der Waals surface area contributed by atoms with Gasteiger partial charge in [-0.25, -0.2) is 0 Å².